The van der Waals surface area contributed by atoms with Crippen molar-refractivity contribution in [3.8, 4) is 0 Å². The Bertz CT molecular complexity index is 1030. The molecular formula is C25H27FN4O. The number of hydrogen-bond donors (Lipinski definition) is 0. The molecule has 0 atom stereocenters. The normalized spacial score (nSPS) is 14.5. The molecule has 2 heterocycles. The molecule has 160 valence electrons. The van der Waals surface area contributed by atoms with Gasteiger partial charge in [-0.15, -0.1) is 0 Å². The maximum absolute atomic E-state index is 13.5. The average Bonchev–Trinajstić information content (AvgIpc) is 2.79. The van der Waals surface area contributed by atoms with Crippen LogP contribution in [0.1, 0.15) is 21.5 Å². The number of aryl methyl sites for hydroxylation is 1. The van der Waals surface area contributed by atoms with Gasteiger partial charge in [-0.1, -0.05) is 23.8 Å². The van der Waals surface area contributed by atoms with Crippen molar-refractivity contribution in [2.75, 3.05) is 43.0 Å². The van der Waals surface area contributed by atoms with Gasteiger partial charge in [-0.05, 0) is 62.0 Å². The van der Waals surface area contributed by atoms with Crippen molar-refractivity contribution in [3.63, 3.8) is 0 Å². The zero-order chi connectivity index (χ0) is 21.8. The second kappa shape index (κ2) is 9.27. The zero-order valence-corrected chi connectivity index (χ0v) is 18.0. The summed E-state index contributed by atoms with van der Waals surface area (Å²) in [5.41, 5.74) is 3.19. The molecule has 0 bridgehead atoms. The second-order valence-electron chi connectivity index (χ2n) is 8.05. The summed E-state index contributed by atoms with van der Waals surface area (Å²) < 4.78 is 13.5. The molecule has 0 spiro atoms. The van der Waals surface area contributed by atoms with E-state index in [0.29, 0.717) is 17.8 Å². The number of piperazine rings is 1. The first-order chi connectivity index (χ1) is 15.0. The van der Waals surface area contributed by atoms with Crippen LogP contribution < -0.4 is 9.80 Å². The van der Waals surface area contributed by atoms with Gasteiger partial charge in [-0.2, -0.15) is 0 Å². The van der Waals surface area contributed by atoms with Gasteiger partial charge in [0.15, 0.2) is 0 Å². The Morgan fingerprint density at radius 3 is 2.42 bits per heavy atom. The molecule has 0 aliphatic carbocycles. The van der Waals surface area contributed by atoms with Crippen LogP contribution in [-0.4, -0.2) is 49.0 Å². The summed E-state index contributed by atoms with van der Waals surface area (Å²) in [5.74, 6) is 0.499. The number of aromatic nitrogens is 1. The van der Waals surface area contributed by atoms with Crippen molar-refractivity contribution in [1.29, 1.82) is 0 Å². The lowest BCUT2D eigenvalue weighted by Crippen LogP contribution is -2.44. The maximum Gasteiger partial charge on any atom is 0.258 e. The average molecular weight is 419 g/mol. The number of halogens is 1. The fraction of sp³-hybridized carbons (Fsp3) is 0.280. The van der Waals surface area contributed by atoms with Gasteiger partial charge >= 0.3 is 0 Å². The van der Waals surface area contributed by atoms with Crippen molar-refractivity contribution >= 4 is 17.4 Å². The predicted octanol–water partition coefficient (Wildman–Crippen LogP) is 4.13. The van der Waals surface area contributed by atoms with Gasteiger partial charge < -0.3 is 14.7 Å². The number of amides is 1. The summed E-state index contributed by atoms with van der Waals surface area (Å²) in [6, 6.07) is 17.6. The van der Waals surface area contributed by atoms with Crippen LogP contribution in [0.15, 0.2) is 66.9 Å². The third-order valence-electron chi connectivity index (χ3n) is 5.63. The van der Waals surface area contributed by atoms with Crippen LogP contribution in [0.2, 0.25) is 0 Å². The molecule has 0 saturated carbocycles. The smallest absolute Gasteiger partial charge is 0.258 e. The van der Waals surface area contributed by atoms with E-state index in [1.807, 2.05) is 43.5 Å². The number of pyridine rings is 1. The number of carbonyl (C=O) groups is 1. The first kappa shape index (κ1) is 21.0. The van der Waals surface area contributed by atoms with Gasteiger partial charge in [0.25, 0.3) is 5.91 Å². The second-order valence-corrected chi connectivity index (χ2v) is 8.05. The summed E-state index contributed by atoms with van der Waals surface area (Å²) in [4.78, 5) is 24.2. The molecule has 1 saturated heterocycles. The van der Waals surface area contributed by atoms with Crippen molar-refractivity contribution in [3.05, 3.63) is 89.4 Å². The zero-order valence-electron chi connectivity index (χ0n) is 18.0. The summed E-state index contributed by atoms with van der Waals surface area (Å²) in [5, 5.41) is 0. The molecular weight excluding hydrogens is 391 g/mol. The van der Waals surface area contributed by atoms with Crippen LogP contribution in [0.25, 0.3) is 0 Å². The summed E-state index contributed by atoms with van der Waals surface area (Å²) >= 11 is 0. The van der Waals surface area contributed by atoms with Crippen molar-refractivity contribution < 1.29 is 9.18 Å². The first-order valence-electron chi connectivity index (χ1n) is 10.5. The SMILES string of the molecule is Cc1cccc(C(=O)N(Cc2ccc(N3CCN(C)CC3)nc2)c2ccc(F)cc2)c1. The molecule has 2 aromatic carbocycles. The van der Waals surface area contributed by atoms with E-state index in [1.54, 1.807) is 23.1 Å². The van der Waals surface area contributed by atoms with E-state index in [9.17, 15) is 9.18 Å². The molecule has 1 aromatic heterocycles. The Kier molecular flexibility index (Phi) is 6.28. The van der Waals surface area contributed by atoms with E-state index in [0.717, 1.165) is 43.1 Å². The topological polar surface area (TPSA) is 39.7 Å². The van der Waals surface area contributed by atoms with Gasteiger partial charge in [0.2, 0.25) is 0 Å². The molecule has 0 unspecified atom stereocenters. The number of anilines is 2. The largest absolute Gasteiger partial charge is 0.354 e. The number of benzene rings is 2. The monoisotopic (exact) mass is 418 g/mol. The molecule has 1 amide bonds. The third-order valence-corrected chi connectivity index (χ3v) is 5.63. The number of nitrogens with zero attached hydrogens (tertiary/aromatic N) is 4. The summed E-state index contributed by atoms with van der Waals surface area (Å²) in [7, 11) is 2.13. The van der Waals surface area contributed by atoms with Gasteiger partial charge in [0.05, 0.1) is 6.54 Å². The Morgan fingerprint density at radius 1 is 1.03 bits per heavy atom. The van der Waals surface area contributed by atoms with Gasteiger partial charge in [0.1, 0.15) is 11.6 Å². The van der Waals surface area contributed by atoms with Crippen LogP contribution in [-0.2, 0) is 6.54 Å². The Morgan fingerprint density at radius 2 is 1.77 bits per heavy atom. The molecule has 0 radical (unpaired) electrons. The maximum atomic E-state index is 13.5. The highest BCUT2D eigenvalue weighted by molar-refractivity contribution is 6.06. The summed E-state index contributed by atoms with van der Waals surface area (Å²) in [6.45, 7) is 6.26. The van der Waals surface area contributed by atoms with Crippen molar-refractivity contribution in [2.24, 2.45) is 0 Å². The highest BCUT2D eigenvalue weighted by Crippen LogP contribution is 2.22. The molecule has 6 heteroatoms. The lowest BCUT2D eigenvalue weighted by molar-refractivity contribution is 0.0985. The highest BCUT2D eigenvalue weighted by Gasteiger charge is 2.20. The third kappa shape index (κ3) is 5.09. The lowest BCUT2D eigenvalue weighted by atomic mass is 10.1. The molecule has 1 fully saturated rings. The lowest BCUT2D eigenvalue weighted by Gasteiger charge is -2.33. The predicted molar refractivity (Wildman–Crippen MR) is 122 cm³/mol. The Balaban J connectivity index is 1.57. The van der Waals surface area contributed by atoms with E-state index in [1.165, 1.54) is 12.1 Å². The van der Waals surface area contributed by atoms with E-state index >= 15 is 0 Å². The fourth-order valence-corrected chi connectivity index (χ4v) is 3.75. The number of carbonyl (C=O) groups excluding carboxylic acids is 1. The van der Waals surface area contributed by atoms with Crippen molar-refractivity contribution in [1.82, 2.24) is 9.88 Å². The molecule has 3 aromatic rings. The molecule has 5 nitrogen and oxygen atoms in total. The van der Waals surface area contributed by atoms with Crippen LogP contribution in [0.3, 0.4) is 0 Å². The molecule has 31 heavy (non-hydrogen) atoms. The minimum Gasteiger partial charge on any atom is -0.354 e. The Hall–Kier alpha value is -3.25. The van der Waals surface area contributed by atoms with Crippen LogP contribution in [0.4, 0.5) is 15.9 Å². The number of likely N-dealkylation sites (N-methyl/N-ethyl adjacent to an activating group) is 1. The Labute approximate surface area is 182 Å². The van der Waals surface area contributed by atoms with Gasteiger partial charge in [0, 0.05) is 43.6 Å². The van der Waals surface area contributed by atoms with E-state index in [2.05, 4.69) is 21.8 Å². The quantitative estimate of drug-likeness (QED) is 0.625. The van der Waals surface area contributed by atoms with Crippen LogP contribution >= 0.6 is 0 Å². The molecule has 4 rings (SSSR count). The van der Waals surface area contributed by atoms with Crippen LogP contribution in [0.5, 0.6) is 0 Å². The highest BCUT2D eigenvalue weighted by atomic mass is 19.1. The number of rotatable bonds is 5. The van der Waals surface area contributed by atoms with Gasteiger partial charge in [-0.3, -0.25) is 4.79 Å². The summed E-state index contributed by atoms with van der Waals surface area (Å²) in [6.07, 6.45) is 1.83. The van der Waals surface area contributed by atoms with E-state index in [4.69, 9.17) is 0 Å². The first-order valence-corrected chi connectivity index (χ1v) is 10.5. The van der Waals surface area contributed by atoms with Crippen LogP contribution in [0, 0.1) is 12.7 Å². The van der Waals surface area contributed by atoms with Gasteiger partial charge in [-0.25, -0.2) is 9.37 Å². The minimum absolute atomic E-state index is 0.126. The minimum atomic E-state index is -0.329. The number of hydrogen-bond acceptors (Lipinski definition) is 4. The molecule has 1 aliphatic heterocycles. The standard InChI is InChI=1S/C25H27FN4O/c1-19-4-3-5-21(16-19)25(31)30(23-9-7-22(26)8-10-23)18-20-6-11-24(27-17-20)29-14-12-28(2)13-15-29/h3-11,16-17H,12-15,18H2,1-2H3. The van der Waals surface area contributed by atoms with E-state index in [-0.39, 0.29) is 11.7 Å². The van der Waals surface area contributed by atoms with E-state index < -0.39 is 0 Å². The molecule has 1 aliphatic rings. The van der Waals surface area contributed by atoms with Crippen molar-refractivity contribution in [2.45, 2.75) is 13.5 Å². The fourth-order valence-electron chi connectivity index (χ4n) is 3.75. The molecule has 0 N–H and O–H groups in total.